The van der Waals surface area contributed by atoms with Crippen molar-refractivity contribution in [3.05, 3.63) is 33.8 Å². The number of nitrogens with zero attached hydrogens (tertiary/aromatic N) is 1. The third-order valence-corrected chi connectivity index (χ3v) is 5.47. The molecule has 1 N–H and O–H groups in total. The van der Waals surface area contributed by atoms with Crippen LogP contribution in [0.15, 0.2) is 22.7 Å². The lowest BCUT2D eigenvalue weighted by Crippen LogP contribution is -2.45. The van der Waals surface area contributed by atoms with Crippen LogP contribution in [0.4, 0.5) is 0 Å². The topological polar surface area (TPSA) is 32.3 Å². The molecule has 22 heavy (non-hydrogen) atoms. The maximum absolute atomic E-state index is 12.5. The van der Waals surface area contributed by atoms with Gasteiger partial charge in [-0.05, 0) is 68.8 Å². The number of hydrogen-bond acceptors (Lipinski definition) is 2. The van der Waals surface area contributed by atoms with Crippen molar-refractivity contribution in [2.24, 2.45) is 5.92 Å². The minimum absolute atomic E-state index is 0. The van der Waals surface area contributed by atoms with Gasteiger partial charge in [0.05, 0.1) is 0 Å². The molecule has 3 nitrogen and oxygen atoms in total. The second-order valence-electron chi connectivity index (χ2n) is 6.38. The molecule has 1 aromatic rings. The summed E-state index contributed by atoms with van der Waals surface area (Å²) in [5.41, 5.74) is 1.92. The van der Waals surface area contributed by atoms with Crippen LogP contribution in [0.3, 0.4) is 0 Å². The molecule has 0 atom stereocenters. The highest BCUT2D eigenvalue weighted by Gasteiger charge is 2.26. The first kappa shape index (κ1) is 17.8. The van der Waals surface area contributed by atoms with Gasteiger partial charge < -0.3 is 10.2 Å². The van der Waals surface area contributed by atoms with Crippen molar-refractivity contribution < 1.29 is 4.79 Å². The van der Waals surface area contributed by atoms with Gasteiger partial charge in [-0.3, -0.25) is 4.79 Å². The Morgan fingerprint density at radius 1 is 1.27 bits per heavy atom. The van der Waals surface area contributed by atoms with E-state index >= 15 is 0 Å². The van der Waals surface area contributed by atoms with Gasteiger partial charge in [0.1, 0.15) is 0 Å². The summed E-state index contributed by atoms with van der Waals surface area (Å²) < 4.78 is 1.06. The van der Waals surface area contributed by atoms with E-state index in [-0.39, 0.29) is 18.3 Å². The Morgan fingerprint density at radius 3 is 2.55 bits per heavy atom. The van der Waals surface area contributed by atoms with Gasteiger partial charge in [-0.2, -0.15) is 0 Å². The summed E-state index contributed by atoms with van der Waals surface area (Å²) in [5, 5.41) is 3.66. The second kappa shape index (κ2) is 7.80. The van der Waals surface area contributed by atoms with E-state index in [0.717, 1.165) is 47.4 Å². The first-order valence-corrected chi connectivity index (χ1v) is 8.71. The number of aryl methyl sites for hydroxylation is 1. The molecule has 1 amide bonds. The SMILES string of the molecule is Cc1cc(C(=O)N2CCC(NCC3CC3)CC2)ccc1Br.Cl. The predicted octanol–water partition coefficient (Wildman–Crippen LogP) is 3.78. The average molecular weight is 388 g/mol. The van der Waals surface area contributed by atoms with E-state index in [1.54, 1.807) is 0 Å². The Balaban J connectivity index is 0.00000176. The van der Waals surface area contributed by atoms with Crippen molar-refractivity contribution in [1.29, 1.82) is 0 Å². The summed E-state index contributed by atoms with van der Waals surface area (Å²) in [6.07, 6.45) is 4.95. The van der Waals surface area contributed by atoms with E-state index < -0.39 is 0 Å². The van der Waals surface area contributed by atoms with E-state index in [0.29, 0.717) is 6.04 Å². The zero-order chi connectivity index (χ0) is 14.8. The maximum Gasteiger partial charge on any atom is 0.253 e. The van der Waals surface area contributed by atoms with Crippen LogP contribution in [0.1, 0.15) is 41.6 Å². The summed E-state index contributed by atoms with van der Waals surface area (Å²) in [6, 6.07) is 6.45. The summed E-state index contributed by atoms with van der Waals surface area (Å²) in [7, 11) is 0. The lowest BCUT2D eigenvalue weighted by Gasteiger charge is -2.32. The normalized spacial score (nSPS) is 18.9. The number of piperidine rings is 1. The molecule has 0 unspecified atom stereocenters. The summed E-state index contributed by atoms with van der Waals surface area (Å²) in [6.45, 7) is 4.94. The van der Waals surface area contributed by atoms with Crippen molar-refractivity contribution in [2.45, 2.75) is 38.6 Å². The van der Waals surface area contributed by atoms with Gasteiger partial charge in [0.15, 0.2) is 0 Å². The summed E-state index contributed by atoms with van der Waals surface area (Å²) in [5.74, 6) is 1.10. The Kier molecular flexibility index (Phi) is 6.30. The minimum Gasteiger partial charge on any atom is -0.339 e. The van der Waals surface area contributed by atoms with Crippen LogP contribution in [-0.2, 0) is 0 Å². The number of hydrogen-bond donors (Lipinski definition) is 1. The molecular weight excluding hydrogens is 364 g/mol. The molecule has 0 bridgehead atoms. The average Bonchev–Trinajstić information content (AvgIpc) is 3.32. The zero-order valence-electron chi connectivity index (χ0n) is 13.0. The predicted molar refractivity (Wildman–Crippen MR) is 95.8 cm³/mol. The van der Waals surface area contributed by atoms with Crippen molar-refractivity contribution in [1.82, 2.24) is 10.2 Å². The highest BCUT2D eigenvalue weighted by Crippen LogP contribution is 2.28. The quantitative estimate of drug-likeness (QED) is 0.852. The van der Waals surface area contributed by atoms with Crippen LogP contribution >= 0.6 is 28.3 Å². The molecule has 1 aliphatic heterocycles. The monoisotopic (exact) mass is 386 g/mol. The van der Waals surface area contributed by atoms with E-state index in [9.17, 15) is 4.79 Å². The van der Waals surface area contributed by atoms with Gasteiger partial charge in [-0.25, -0.2) is 0 Å². The fourth-order valence-corrected chi connectivity index (χ4v) is 3.15. The molecule has 0 aromatic heterocycles. The van der Waals surface area contributed by atoms with Gasteiger partial charge in [0.25, 0.3) is 5.91 Å². The largest absolute Gasteiger partial charge is 0.339 e. The van der Waals surface area contributed by atoms with Crippen LogP contribution < -0.4 is 5.32 Å². The molecule has 2 fully saturated rings. The molecule has 5 heteroatoms. The highest BCUT2D eigenvalue weighted by atomic mass is 79.9. The number of benzene rings is 1. The maximum atomic E-state index is 12.5. The highest BCUT2D eigenvalue weighted by molar-refractivity contribution is 9.10. The smallest absolute Gasteiger partial charge is 0.253 e. The molecule has 3 rings (SSSR count). The molecule has 1 saturated heterocycles. The third-order valence-electron chi connectivity index (χ3n) is 4.58. The van der Waals surface area contributed by atoms with Crippen LogP contribution in [0.5, 0.6) is 0 Å². The zero-order valence-corrected chi connectivity index (χ0v) is 15.4. The lowest BCUT2D eigenvalue weighted by atomic mass is 10.0. The van der Waals surface area contributed by atoms with Gasteiger partial charge in [0.2, 0.25) is 0 Å². The molecule has 0 spiro atoms. The van der Waals surface area contributed by atoms with E-state index in [2.05, 4.69) is 21.2 Å². The fourth-order valence-electron chi connectivity index (χ4n) is 2.90. The molecule has 1 aliphatic carbocycles. The molecule has 1 saturated carbocycles. The van der Waals surface area contributed by atoms with Gasteiger partial charge in [-0.1, -0.05) is 15.9 Å². The van der Waals surface area contributed by atoms with E-state index in [4.69, 9.17) is 0 Å². The summed E-state index contributed by atoms with van der Waals surface area (Å²) in [4.78, 5) is 14.5. The van der Waals surface area contributed by atoms with Gasteiger partial charge in [0, 0.05) is 29.2 Å². The number of likely N-dealkylation sites (tertiary alicyclic amines) is 1. The number of halogens is 2. The Bertz CT molecular complexity index is 525. The Morgan fingerprint density at radius 2 is 1.95 bits per heavy atom. The summed E-state index contributed by atoms with van der Waals surface area (Å²) >= 11 is 3.48. The van der Waals surface area contributed by atoms with Crippen LogP contribution in [0, 0.1) is 12.8 Å². The minimum atomic E-state index is 0. The van der Waals surface area contributed by atoms with Crippen LogP contribution in [-0.4, -0.2) is 36.5 Å². The van der Waals surface area contributed by atoms with E-state index in [1.807, 2.05) is 30.0 Å². The van der Waals surface area contributed by atoms with Crippen LogP contribution in [0.25, 0.3) is 0 Å². The van der Waals surface area contributed by atoms with Crippen molar-refractivity contribution in [3.8, 4) is 0 Å². The molecule has 1 heterocycles. The second-order valence-corrected chi connectivity index (χ2v) is 7.24. The van der Waals surface area contributed by atoms with Crippen molar-refractivity contribution >= 4 is 34.2 Å². The first-order valence-electron chi connectivity index (χ1n) is 7.92. The lowest BCUT2D eigenvalue weighted by molar-refractivity contribution is 0.0705. The molecular formula is C17H24BrClN2O. The number of nitrogens with one attached hydrogen (secondary N) is 1. The van der Waals surface area contributed by atoms with Crippen molar-refractivity contribution in [2.75, 3.05) is 19.6 Å². The standard InChI is InChI=1S/C17H23BrN2O.ClH/c1-12-10-14(4-5-16(12)18)17(21)20-8-6-15(7-9-20)19-11-13-2-3-13;/h4-5,10,13,15,19H,2-3,6-9,11H2,1H3;1H. The van der Waals surface area contributed by atoms with Crippen LogP contribution in [0.2, 0.25) is 0 Å². The van der Waals surface area contributed by atoms with E-state index in [1.165, 1.54) is 19.4 Å². The van der Waals surface area contributed by atoms with Crippen molar-refractivity contribution in [3.63, 3.8) is 0 Å². The first-order chi connectivity index (χ1) is 10.1. The fraction of sp³-hybridized carbons (Fsp3) is 0.588. The number of rotatable bonds is 4. The molecule has 2 aliphatic rings. The number of carbonyl (C=O) groups excluding carboxylic acids is 1. The Hall–Kier alpha value is -0.580. The third kappa shape index (κ3) is 4.46. The molecule has 1 aromatic carbocycles. The van der Waals surface area contributed by atoms with Gasteiger partial charge in [-0.15, -0.1) is 12.4 Å². The van der Waals surface area contributed by atoms with Gasteiger partial charge >= 0.3 is 0 Å². The molecule has 122 valence electrons. The molecule has 0 radical (unpaired) electrons. The Labute approximate surface area is 147 Å². The number of carbonyl (C=O) groups is 1. The number of amides is 1.